The molecule has 8 aromatic carbocycles. The summed E-state index contributed by atoms with van der Waals surface area (Å²) in [4.78, 5) is 10.4. The van der Waals surface area contributed by atoms with Gasteiger partial charge in [-0.05, 0) is 62.7 Å². The van der Waals surface area contributed by atoms with E-state index in [4.69, 9.17) is 14.7 Å². The third kappa shape index (κ3) is 4.98. The van der Waals surface area contributed by atoms with Gasteiger partial charge in [0.2, 0.25) is 0 Å². The van der Waals surface area contributed by atoms with Crippen LogP contribution in [-0.4, -0.2) is 9.97 Å². The van der Waals surface area contributed by atoms with Crippen molar-refractivity contribution >= 4 is 0 Å². The van der Waals surface area contributed by atoms with Crippen molar-refractivity contribution in [2.24, 2.45) is 0 Å². The molecule has 1 aliphatic heterocycles. The van der Waals surface area contributed by atoms with Crippen molar-refractivity contribution in [3.8, 4) is 78.8 Å². The summed E-state index contributed by atoms with van der Waals surface area (Å²) in [6.07, 6.45) is 0. The van der Waals surface area contributed by atoms with Crippen LogP contribution in [0.3, 0.4) is 0 Å². The van der Waals surface area contributed by atoms with E-state index in [-0.39, 0.29) is 0 Å². The second-order valence-corrected chi connectivity index (χ2v) is 14.5. The highest BCUT2D eigenvalue weighted by atomic mass is 16.5. The van der Waals surface area contributed by atoms with E-state index in [0.717, 1.165) is 61.8 Å². The van der Waals surface area contributed by atoms with Crippen molar-refractivity contribution in [2.75, 3.05) is 0 Å². The zero-order valence-corrected chi connectivity index (χ0v) is 30.4. The third-order valence-corrected chi connectivity index (χ3v) is 11.4. The van der Waals surface area contributed by atoms with Gasteiger partial charge in [-0.25, -0.2) is 9.97 Å². The zero-order valence-electron chi connectivity index (χ0n) is 30.4. The molecule has 11 rings (SSSR count). The van der Waals surface area contributed by atoms with Gasteiger partial charge in [-0.1, -0.05) is 188 Å². The van der Waals surface area contributed by atoms with E-state index < -0.39 is 5.41 Å². The lowest BCUT2D eigenvalue weighted by molar-refractivity contribution is 0.436. The normalized spacial score (nSPS) is 12.9. The topological polar surface area (TPSA) is 35.0 Å². The molecule has 0 saturated heterocycles. The smallest absolute Gasteiger partial charge is 0.160 e. The first-order chi connectivity index (χ1) is 27.8. The monoisotopic (exact) mass is 714 g/mol. The summed E-state index contributed by atoms with van der Waals surface area (Å²) in [5.41, 5.74) is 16.1. The fourth-order valence-electron chi connectivity index (χ4n) is 8.90. The van der Waals surface area contributed by atoms with Crippen LogP contribution in [0.25, 0.3) is 67.3 Å². The molecule has 0 unspecified atom stereocenters. The molecule has 3 heteroatoms. The Hall–Kier alpha value is -7.36. The van der Waals surface area contributed by atoms with Crippen molar-refractivity contribution in [1.82, 2.24) is 9.97 Å². The van der Waals surface area contributed by atoms with Crippen LogP contribution < -0.4 is 4.74 Å². The maximum Gasteiger partial charge on any atom is 0.160 e. The van der Waals surface area contributed by atoms with Gasteiger partial charge in [0, 0.05) is 27.8 Å². The predicted molar refractivity (Wildman–Crippen MR) is 227 cm³/mol. The van der Waals surface area contributed by atoms with Crippen molar-refractivity contribution in [2.45, 2.75) is 5.41 Å². The van der Waals surface area contributed by atoms with Gasteiger partial charge >= 0.3 is 0 Å². The van der Waals surface area contributed by atoms with Gasteiger partial charge in [0.05, 0.1) is 16.8 Å². The summed E-state index contributed by atoms with van der Waals surface area (Å²) in [5, 5.41) is 0. The van der Waals surface area contributed by atoms with Crippen LogP contribution in [0.5, 0.6) is 11.5 Å². The number of aromatic nitrogens is 2. The fourth-order valence-corrected chi connectivity index (χ4v) is 8.90. The summed E-state index contributed by atoms with van der Waals surface area (Å²) < 4.78 is 6.87. The van der Waals surface area contributed by atoms with Crippen molar-refractivity contribution in [3.05, 3.63) is 229 Å². The lowest BCUT2D eigenvalue weighted by Gasteiger charge is -2.39. The molecule has 1 spiro atoms. The molecule has 56 heavy (non-hydrogen) atoms. The van der Waals surface area contributed by atoms with Crippen LogP contribution in [0.2, 0.25) is 0 Å². The standard InChI is InChI=1S/C53H34N2O/c1-3-15-35(16-4-1)36-27-29-37(30-28-36)48-34-49(55-52(54-48)38-17-5-2-6-18-38)43-22-8-7-19-40(43)39-31-32-47-51(33-39)56-50-26-14-13-25-46(50)53(47)44-23-11-9-20-41(44)42-21-10-12-24-45(42)53/h1-34H. The van der Waals surface area contributed by atoms with Crippen molar-refractivity contribution in [1.29, 1.82) is 0 Å². The number of para-hydroxylation sites is 1. The number of rotatable bonds is 5. The number of fused-ring (bicyclic) bond motifs is 9. The molecular weight excluding hydrogens is 681 g/mol. The highest BCUT2D eigenvalue weighted by Gasteiger charge is 2.50. The second kappa shape index (κ2) is 12.9. The number of hydrogen-bond donors (Lipinski definition) is 0. The molecule has 0 atom stereocenters. The molecule has 0 saturated carbocycles. The predicted octanol–water partition coefficient (Wildman–Crippen LogP) is 13.3. The molecule has 2 heterocycles. The Morgan fingerprint density at radius 3 is 1.48 bits per heavy atom. The van der Waals surface area contributed by atoms with E-state index in [1.54, 1.807) is 0 Å². The van der Waals surface area contributed by atoms with E-state index in [1.165, 1.54) is 33.4 Å². The molecule has 1 aliphatic carbocycles. The summed E-state index contributed by atoms with van der Waals surface area (Å²) in [7, 11) is 0. The van der Waals surface area contributed by atoms with Gasteiger partial charge in [-0.2, -0.15) is 0 Å². The second-order valence-electron chi connectivity index (χ2n) is 14.5. The maximum absolute atomic E-state index is 6.87. The average Bonchev–Trinajstić information content (AvgIpc) is 3.57. The third-order valence-electron chi connectivity index (χ3n) is 11.4. The SMILES string of the molecule is c1ccc(-c2ccc(-c3cc(-c4ccccc4-c4ccc5c(c4)Oc4ccccc4C54c5ccccc5-c5ccccc54)nc(-c4ccccc4)n3)cc2)cc1. The quantitative estimate of drug-likeness (QED) is 0.178. The molecule has 262 valence electrons. The van der Waals surface area contributed by atoms with Crippen LogP contribution in [-0.2, 0) is 5.41 Å². The first-order valence-corrected chi connectivity index (χ1v) is 19.1. The van der Waals surface area contributed by atoms with Crippen LogP contribution >= 0.6 is 0 Å². The molecule has 0 radical (unpaired) electrons. The lowest BCUT2D eigenvalue weighted by Crippen LogP contribution is -2.32. The molecule has 2 aliphatic rings. The minimum absolute atomic E-state index is 0.502. The first kappa shape index (κ1) is 32.1. The molecule has 3 nitrogen and oxygen atoms in total. The maximum atomic E-state index is 6.87. The Morgan fingerprint density at radius 2 is 0.786 bits per heavy atom. The minimum Gasteiger partial charge on any atom is -0.457 e. The fraction of sp³-hybridized carbons (Fsp3) is 0.0189. The Morgan fingerprint density at radius 1 is 0.304 bits per heavy atom. The molecule has 0 amide bonds. The first-order valence-electron chi connectivity index (χ1n) is 19.1. The van der Waals surface area contributed by atoms with Crippen LogP contribution in [0, 0.1) is 0 Å². The average molecular weight is 715 g/mol. The van der Waals surface area contributed by atoms with Gasteiger partial charge in [0.15, 0.2) is 5.82 Å². The van der Waals surface area contributed by atoms with E-state index in [0.29, 0.717) is 5.82 Å². The van der Waals surface area contributed by atoms with Crippen LogP contribution in [0.1, 0.15) is 22.3 Å². The van der Waals surface area contributed by atoms with Gasteiger partial charge in [0.25, 0.3) is 0 Å². The Labute approximate surface area is 326 Å². The summed E-state index contributed by atoms with van der Waals surface area (Å²) in [6.45, 7) is 0. The Kier molecular flexibility index (Phi) is 7.39. The Bertz CT molecular complexity index is 2890. The molecule has 0 bridgehead atoms. The van der Waals surface area contributed by atoms with Gasteiger partial charge in [-0.3, -0.25) is 0 Å². The molecule has 1 aromatic heterocycles. The van der Waals surface area contributed by atoms with E-state index in [1.807, 2.05) is 24.3 Å². The zero-order chi connectivity index (χ0) is 37.1. The Balaban J connectivity index is 1.07. The van der Waals surface area contributed by atoms with E-state index in [9.17, 15) is 0 Å². The number of hydrogen-bond acceptors (Lipinski definition) is 3. The number of ether oxygens (including phenoxy) is 1. The number of benzene rings is 8. The highest BCUT2D eigenvalue weighted by Crippen LogP contribution is 2.62. The molecule has 9 aromatic rings. The van der Waals surface area contributed by atoms with Gasteiger partial charge in [-0.15, -0.1) is 0 Å². The van der Waals surface area contributed by atoms with Crippen LogP contribution in [0.15, 0.2) is 206 Å². The van der Waals surface area contributed by atoms with Crippen molar-refractivity contribution in [3.63, 3.8) is 0 Å². The van der Waals surface area contributed by atoms with E-state index in [2.05, 4.69) is 182 Å². The lowest BCUT2D eigenvalue weighted by atomic mass is 9.66. The minimum atomic E-state index is -0.502. The highest BCUT2D eigenvalue weighted by molar-refractivity contribution is 5.90. The summed E-state index contributed by atoms with van der Waals surface area (Å²) >= 11 is 0. The van der Waals surface area contributed by atoms with Gasteiger partial charge in [0.1, 0.15) is 11.5 Å². The summed E-state index contributed by atoms with van der Waals surface area (Å²) in [6, 6.07) is 73.0. The number of nitrogens with zero attached hydrogens (tertiary/aromatic N) is 2. The van der Waals surface area contributed by atoms with Crippen molar-refractivity contribution < 1.29 is 4.74 Å². The molecule has 0 N–H and O–H groups in total. The van der Waals surface area contributed by atoms with E-state index >= 15 is 0 Å². The molecule has 0 fully saturated rings. The van der Waals surface area contributed by atoms with Gasteiger partial charge < -0.3 is 4.74 Å². The molecular formula is C53H34N2O. The summed E-state index contributed by atoms with van der Waals surface area (Å²) in [5.74, 6) is 2.42. The van der Waals surface area contributed by atoms with Crippen LogP contribution in [0.4, 0.5) is 0 Å². The largest absolute Gasteiger partial charge is 0.457 e.